The van der Waals surface area contributed by atoms with Crippen molar-refractivity contribution in [2.45, 2.75) is 13.1 Å². The summed E-state index contributed by atoms with van der Waals surface area (Å²) in [6, 6.07) is 2.68. The van der Waals surface area contributed by atoms with Crippen LogP contribution < -0.4 is 4.72 Å². The lowest BCUT2D eigenvalue weighted by molar-refractivity contribution is -0.137. The van der Waals surface area contributed by atoms with Crippen LogP contribution in [0.2, 0.25) is 0 Å². The first-order valence-corrected chi connectivity index (χ1v) is 6.10. The molecule has 0 bridgehead atoms. The lowest BCUT2D eigenvalue weighted by Crippen LogP contribution is -2.10. The van der Waals surface area contributed by atoms with Crippen LogP contribution in [0.1, 0.15) is 22.8 Å². The van der Waals surface area contributed by atoms with E-state index in [1.807, 2.05) is 0 Å². The zero-order valence-corrected chi connectivity index (χ0v) is 9.91. The lowest BCUT2D eigenvalue weighted by Gasteiger charge is -2.12. The molecule has 1 unspecified atom stereocenters. The number of Topliss-reactive ketones (excluding diaryl/α,β-unsaturated/α-hetero) is 1. The fourth-order valence-corrected chi connectivity index (χ4v) is 1.74. The van der Waals surface area contributed by atoms with Gasteiger partial charge >= 0.3 is 6.18 Å². The number of rotatable bonds is 3. The van der Waals surface area contributed by atoms with Crippen molar-refractivity contribution in [2.75, 3.05) is 11.0 Å². The van der Waals surface area contributed by atoms with Crippen LogP contribution >= 0.6 is 0 Å². The number of alkyl halides is 3. The number of carbonyl (C=O) groups is 1. The predicted molar refractivity (Wildman–Crippen MR) is 59.1 cm³/mol. The van der Waals surface area contributed by atoms with Crippen LogP contribution in [0.25, 0.3) is 0 Å². The van der Waals surface area contributed by atoms with Gasteiger partial charge in [-0.3, -0.25) is 4.79 Å². The molecule has 0 aromatic heterocycles. The van der Waals surface area contributed by atoms with Gasteiger partial charge in [-0.1, -0.05) is 0 Å². The van der Waals surface area contributed by atoms with Crippen LogP contribution in [0.15, 0.2) is 18.2 Å². The van der Waals surface area contributed by atoms with E-state index in [-0.39, 0.29) is 11.3 Å². The second-order valence-electron chi connectivity index (χ2n) is 3.37. The Morgan fingerprint density at radius 2 is 1.94 bits per heavy atom. The highest BCUT2D eigenvalue weighted by Crippen LogP contribution is 2.32. The van der Waals surface area contributed by atoms with E-state index in [2.05, 4.69) is 4.72 Å². The Morgan fingerprint density at radius 1 is 1.35 bits per heavy atom. The third-order valence-corrected chi connectivity index (χ3v) is 2.49. The van der Waals surface area contributed by atoms with E-state index in [9.17, 15) is 22.2 Å². The Labute approximate surface area is 98.6 Å². The highest BCUT2D eigenvalue weighted by atomic mass is 32.2. The normalized spacial score (nSPS) is 13.2. The van der Waals surface area contributed by atoms with Crippen LogP contribution in [-0.4, -0.2) is 16.2 Å². The molecular formula is C10H10F3NO2S. The van der Waals surface area contributed by atoms with Gasteiger partial charge in [0.2, 0.25) is 0 Å². The minimum absolute atomic E-state index is 0.130. The van der Waals surface area contributed by atoms with E-state index in [1.54, 1.807) is 0 Å². The number of hydrogen-bond donors (Lipinski definition) is 1. The fourth-order valence-electron chi connectivity index (χ4n) is 1.26. The number of anilines is 1. The van der Waals surface area contributed by atoms with Gasteiger partial charge in [0.25, 0.3) is 0 Å². The van der Waals surface area contributed by atoms with Crippen molar-refractivity contribution >= 4 is 22.5 Å². The highest BCUT2D eigenvalue weighted by molar-refractivity contribution is 7.85. The monoisotopic (exact) mass is 265 g/mol. The molecule has 1 atom stereocenters. The quantitative estimate of drug-likeness (QED) is 0.854. The molecule has 0 saturated heterocycles. The summed E-state index contributed by atoms with van der Waals surface area (Å²) in [6.07, 6.45) is -3.18. The van der Waals surface area contributed by atoms with Crippen LogP contribution in [0, 0.1) is 0 Å². The van der Waals surface area contributed by atoms with Crippen molar-refractivity contribution < 1.29 is 22.2 Å². The molecular weight excluding hydrogens is 255 g/mol. The molecule has 0 radical (unpaired) electrons. The van der Waals surface area contributed by atoms with Crippen molar-refractivity contribution in [1.82, 2.24) is 0 Å². The zero-order valence-electron chi connectivity index (χ0n) is 9.09. The molecule has 1 N–H and O–H groups in total. The summed E-state index contributed by atoms with van der Waals surface area (Å²) in [6.45, 7) is 1.15. The second-order valence-corrected chi connectivity index (χ2v) is 4.48. The molecule has 0 fully saturated rings. The average Bonchev–Trinajstić information content (AvgIpc) is 2.15. The van der Waals surface area contributed by atoms with Gasteiger partial charge < -0.3 is 4.72 Å². The van der Waals surface area contributed by atoms with Gasteiger partial charge in [0.15, 0.2) is 5.78 Å². The maximum absolute atomic E-state index is 12.4. The molecule has 0 heterocycles. The number of benzene rings is 1. The first kappa shape index (κ1) is 13.7. The van der Waals surface area contributed by atoms with Crippen LogP contribution in [-0.2, 0) is 17.2 Å². The standard InChI is InChI=1S/C10H10F3NO2S/c1-6(15)8-5-7(10(11,12)13)3-4-9(8)14-17(2)16/h3-5,14H,1-2H3. The number of halogens is 3. The van der Waals surface area contributed by atoms with Crippen LogP contribution in [0.4, 0.5) is 18.9 Å². The maximum atomic E-state index is 12.4. The largest absolute Gasteiger partial charge is 0.416 e. The Bertz CT molecular complexity index is 471. The van der Waals surface area contributed by atoms with Gasteiger partial charge in [-0.25, -0.2) is 4.21 Å². The van der Waals surface area contributed by atoms with E-state index in [0.717, 1.165) is 25.1 Å². The smallest absolute Gasteiger partial charge is 0.305 e. The fraction of sp³-hybridized carbons (Fsp3) is 0.300. The summed E-state index contributed by atoms with van der Waals surface area (Å²) in [7, 11) is -1.45. The van der Waals surface area contributed by atoms with Crippen molar-refractivity contribution in [1.29, 1.82) is 0 Å². The van der Waals surface area contributed by atoms with E-state index in [0.29, 0.717) is 0 Å². The van der Waals surface area contributed by atoms with Gasteiger partial charge in [0.1, 0.15) is 11.0 Å². The molecule has 1 aromatic rings. The van der Waals surface area contributed by atoms with Gasteiger partial charge in [-0.2, -0.15) is 13.2 Å². The highest BCUT2D eigenvalue weighted by Gasteiger charge is 2.31. The molecule has 0 spiro atoms. The van der Waals surface area contributed by atoms with E-state index in [4.69, 9.17) is 0 Å². The minimum Gasteiger partial charge on any atom is -0.305 e. The SMILES string of the molecule is CC(=O)c1cc(C(F)(F)F)ccc1NS(C)=O. The van der Waals surface area contributed by atoms with E-state index in [1.165, 1.54) is 6.26 Å². The molecule has 0 aliphatic rings. The third kappa shape index (κ3) is 3.55. The summed E-state index contributed by atoms with van der Waals surface area (Å²) >= 11 is 0. The molecule has 0 saturated carbocycles. The molecule has 1 rings (SSSR count). The number of carbonyl (C=O) groups excluding carboxylic acids is 1. The van der Waals surface area contributed by atoms with E-state index < -0.39 is 28.5 Å². The summed E-state index contributed by atoms with van der Waals surface area (Å²) in [4.78, 5) is 11.2. The van der Waals surface area contributed by atoms with Gasteiger partial charge in [-0.05, 0) is 25.1 Å². The topological polar surface area (TPSA) is 46.2 Å². The molecule has 1 aromatic carbocycles. The average molecular weight is 265 g/mol. The summed E-state index contributed by atoms with van der Waals surface area (Å²) in [5.41, 5.74) is -0.906. The minimum atomic E-state index is -4.51. The Morgan fingerprint density at radius 3 is 2.35 bits per heavy atom. The van der Waals surface area contributed by atoms with E-state index >= 15 is 0 Å². The number of hydrogen-bond acceptors (Lipinski definition) is 2. The van der Waals surface area contributed by atoms with Crippen molar-refractivity contribution in [3.63, 3.8) is 0 Å². The van der Waals surface area contributed by atoms with Crippen LogP contribution in [0.3, 0.4) is 0 Å². The Balaban J connectivity index is 3.27. The number of nitrogens with one attached hydrogen (secondary N) is 1. The Hall–Kier alpha value is -1.37. The summed E-state index contributed by atoms with van der Waals surface area (Å²) < 4.78 is 50.7. The first-order valence-electron chi connectivity index (χ1n) is 4.54. The van der Waals surface area contributed by atoms with Crippen molar-refractivity contribution in [3.05, 3.63) is 29.3 Å². The summed E-state index contributed by atoms with van der Waals surface area (Å²) in [5, 5.41) is 0. The molecule has 7 heteroatoms. The predicted octanol–water partition coefficient (Wildman–Crippen LogP) is 2.61. The first-order chi connectivity index (χ1) is 7.71. The Kier molecular flexibility index (Phi) is 3.92. The van der Waals surface area contributed by atoms with Gasteiger partial charge in [0, 0.05) is 11.8 Å². The zero-order chi connectivity index (χ0) is 13.2. The van der Waals surface area contributed by atoms with Gasteiger partial charge in [0.05, 0.1) is 11.3 Å². The van der Waals surface area contributed by atoms with Gasteiger partial charge in [-0.15, -0.1) is 0 Å². The maximum Gasteiger partial charge on any atom is 0.416 e. The molecule has 0 aliphatic carbocycles. The second kappa shape index (κ2) is 4.87. The van der Waals surface area contributed by atoms with Crippen molar-refractivity contribution in [3.8, 4) is 0 Å². The molecule has 94 valence electrons. The van der Waals surface area contributed by atoms with Crippen molar-refractivity contribution in [2.24, 2.45) is 0 Å². The molecule has 0 aliphatic heterocycles. The lowest BCUT2D eigenvalue weighted by atomic mass is 10.1. The summed E-state index contributed by atoms with van der Waals surface area (Å²) in [5.74, 6) is -0.524. The molecule has 3 nitrogen and oxygen atoms in total. The number of ketones is 1. The molecule has 17 heavy (non-hydrogen) atoms. The van der Waals surface area contributed by atoms with Crippen LogP contribution in [0.5, 0.6) is 0 Å². The molecule has 0 amide bonds. The third-order valence-electron chi connectivity index (χ3n) is 1.98.